The Morgan fingerprint density at radius 1 is 1.15 bits per heavy atom. The normalized spacial score (nSPS) is 24.2. The number of hydrogen-bond acceptors (Lipinski definition) is 3. The van der Waals surface area contributed by atoms with Crippen LogP contribution in [0.1, 0.15) is 31.2 Å². The first-order chi connectivity index (χ1) is 9.39. The Labute approximate surface area is 113 Å². The van der Waals surface area contributed by atoms with Crippen LogP contribution in [-0.4, -0.2) is 38.2 Å². The van der Waals surface area contributed by atoms with Crippen molar-refractivity contribution < 1.29 is 23.1 Å². The van der Waals surface area contributed by atoms with Crippen LogP contribution < -0.4 is 0 Å². The molecule has 2 fully saturated rings. The number of aromatic nitrogens is 2. The van der Waals surface area contributed by atoms with E-state index >= 15 is 0 Å². The third kappa shape index (κ3) is 3.17. The van der Waals surface area contributed by atoms with Crippen LogP contribution >= 0.6 is 0 Å². The van der Waals surface area contributed by atoms with Crippen molar-refractivity contribution in [2.24, 2.45) is 0 Å². The zero-order valence-electron chi connectivity index (χ0n) is 10.5. The van der Waals surface area contributed by atoms with Gasteiger partial charge in [0.15, 0.2) is 0 Å². The third-order valence-electron chi connectivity index (χ3n) is 3.56. The van der Waals surface area contributed by atoms with E-state index in [9.17, 15) is 18.0 Å². The van der Waals surface area contributed by atoms with Gasteiger partial charge in [-0.2, -0.15) is 13.2 Å². The molecule has 1 N–H and O–H groups in total. The fourth-order valence-corrected chi connectivity index (χ4v) is 2.67. The van der Waals surface area contributed by atoms with Crippen LogP contribution in [0.4, 0.5) is 18.0 Å². The van der Waals surface area contributed by atoms with Crippen molar-refractivity contribution in [2.45, 2.75) is 43.9 Å². The lowest BCUT2D eigenvalue weighted by Crippen LogP contribution is -2.33. The van der Waals surface area contributed by atoms with E-state index in [1.807, 2.05) is 0 Å². The Balaban J connectivity index is 0.000000147. The van der Waals surface area contributed by atoms with Gasteiger partial charge >= 0.3 is 12.3 Å². The Bertz CT molecular complexity index is 447. The van der Waals surface area contributed by atoms with E-state index in [0.717, 1.165) is 44.4 Å². The van der Waals surface area contributed by atoms with E-state index < -0.39 is 17.8 Å². The van der Waals surface area contributed by atoms with Crippen LogP contribution in [0.2, 0.25) is 0 Å². The lowest BCUT2D eigenvalue weighted by molar-refractivity contribution is -0.138. The fourth-order valence-electron chi connectivity index (χ4n) is 2.67. The van der Waals surface area contributed by atoms with Crippen molar-refractivity contribution in [1.82, 2.24) is 14.9 Å². The van der Waals surface area contributed by atoms with Crippen LogP contribution in [-0.2, 0) is 6.18 Å². The summed E-state index contributed by atoms with van der Waals surface area (Å²) in [6.07, 6.45) is 1.84. The second-order valence-electron chi connectivity index (χ2n) is 4.78. The van der Waals surface area contributed by atoms with E-state index in [0.29, 0.717) is 12.1 Å². The molecule has 3 heterocycles. The van der Waals surface area contributed by atoms with Crippen molar-refractivity contribution in [3.05, 3.63) is 24.3 Å². The highest BCUT2D eigenvalue weighted by Gasteiger charge is 2.42. The SMILES string of the molecule is FC(F)(F)c1cncnc1.O=C(O)N1C2CCC1CC2. The molecule has 1 aromatic heterocycles. The standard InChI is InChI=1S/C7H11NO2.C5H3F3N2/c9-7(10)8-5-1-2-6(8)4-3-5;6-5(7,8)4-1-9-3-10-2-4/h5-6H,1-4H2,(H,9,10);1-3H. The van der Waals surface area contributed by atoms with Gasteiger partial charge in [-0.1, -0.05) is 0 Å². The third-order valence-corrected chi connectivity index (χ3v) is 3.56. The predicted octanol–water partition coefficient (Wildman–Crippen LogP) is 2.79. The van der Waals surface area contributed by atoms with Crippen LogP contribution in [0.15, 0.2) is 18.7 Å². The molecule has 3 rings (SSSR count). The molecule has 110 valence electrons. The van der Waals surface area contributed by atoms with Gasteiger partial charge in [0.2, 0.25) is 0 Å². The zero-order chi connectivity index (χ0) is 14.8. The van der Waals surface area contributed by atoms with Crippen LogP contribution in [0.25, 0.3) is 0 Å². The van der Waals surface area contributed by atoms with Gasteiger partial charge in [-0.15, -0.1) is 0 Å². The maximum absolute atomic E-state index is 11.7. The van der Waals surface area contributed by atoms with Crippen molar-refractivity contribution in [3.8, 4) is 0 Å². The Kier molecular flexibility index (Phi) is 4.10. The highest BCUT2D eigenvalue weighted by molar-refractivity contribution is 5.66. The lowest BCUT2D eigenvalue weighted by Gasteiger charge is -2.16. The summed E-state index contributed by atoms with van der Waals surface area (Å²) in [5.41, 5.74) is -0.824. The van der Waals surface area contributed by atoms with Crippen LogP contribution in [0, 0.1) is 0 Å². The number of amides is 1. The van der Waals surface area contributed by atoms with Crippen molar-refractivity contribution in [2.75, 3.05) is 0 Å². The Morgan fingerprint density at radius 2 is 1.60 bits per heavy atom. The van der Waals surface area contributed by atoms with E-state index in [1.54, 1.807) is 4.90 Å². The quantitative estimate of drug-likeness (QED) is 0.797. The van der Waals surface area contributed by atoms with Crippen LogP contribution in [0.5, 0.6) is 0 Å². The molecule has 2 aliphatic rings. The number of carboxylic acid groups (broad SMARTS) is 1. The van der Waals surface area contributed by atoms with E-state index in [4.69, 9.17) is 5.11 Å². The van der Waals surface area contributed by atoms with E-state index in [2.05, 4.69) is 9.97 Å². The van der Waals surface area contributed by atoms with Crippen molar-refractivity contribution >= 4 is 6.09 Å². The molecule has 2 saturated heterocycles. The molecule has 0 saturated carbocycles. The second-order valence-corrected chi connectivity index (χ2v) is 4.78. The maximum Gasteiger partial charge on any atom is 0.419 e. The van der Waals surface area contributed by atoms with Gasteiger partial charge in [0.1, 0.15) is 6.33 Å². The van der Waals surface area contributed by atoms with Gasteiger partial charge in [0.05, 0.1) is 5.56 Å². The maximum atomic E-state index is 11.7. The minimum absolute atomic E-state index is 0.363. The van der Waals surface area contributed by atoms with Gasteiger partial charge in [-0.25, -0.2) is 14.8 Å². The molecule has 0 atom stereocenters. The summed E-state index contributed by atoms with van der Waals surface area (Å²) in [6, 6.07) is 0.727. The Hall–Kier alpha value is -1.86. The molecular formula is C12H14F3N3O2. The molecule has 0 unspecified atom stereocenters. The molecule has 0 aliphatic carbocycles. The number of alkyl halides is 3. The minimum Gasteiger partial charge on any atom is -0.465 e. The zero-order valence-corrected chi connectivity index (χ0v) is 10.5. The summed E-state index contributed by atoms with van der Waals surface area (Å²) in [5.74, 6) is 0. The van der Waals surface area contributed by atoms with Gasteiger partial charge in [-0.05, 0) is 25.7 Å². The Morgan fingerprint density at radius 3 is 1.85 bits per heavy atom. The average Bonchev–Trinajstić information content (AvgIpc) is 2.99. The summed E-state index contributed by atoms with van der Waals surface area (Å²) < 4.78 is 35.1. The second kappa shape index (κ2) is 5.64. The molecule has 1 amide bonds. The van der Waals surface area contributed by atoms with E-state index in [-0.39, 0.29) is 0 Å². The molecule has 5 nitrogen and oxygen atoms in total. The topological polar surface area (TPSA) is 66.3 Å². The summed E-state index contributed by atoms with van der Waals surface area (Å²) in [4.78, 5) is 18.7. The number of fused-ring (bicyclic) bond motifs is 2. The average molecular weight is 289 g/mol. The van der Waals surface area contributed by atoms with Crippen molar-refractivity contribution in [3.63, 3.8) is 0 Å². The largest absolute Gasteiger partial charge is 0.465 e. The molecule has 2 aliphatic heterocycles. The molecule has 8 heteroatoms. The fraction of sp³-hybridized carbons (Fsp3) is 0.583. The highest BCUT2D eigenvalue weighted by Crippen LogP contribution is 2.37. The first kappa shape index (κ1) is 14.5. The number of carbonyl (C=O) groups is 1. The number of rotatable bonds is 0. The summed E-state index contributed by atoms with van der Waals surface area (Å²) in [6.45, 7) is 0. The molecule has 2 bridgehead atoms. The summed E-state index contributed by atoms with van der Waals surface area (Å²) in [5, 5.41) is 8.72. The monoisotopic (exact) mass is 289 g/mol. The summed E-state index contributed by atoms with van der Waals surface area (Å²) in [7, 11) is 0. The highest BCUT2D eigenvalue weighted by atomic mass is 19.4. The van der Waals surface area contributed by atoms with Gasteiger partial charge in [-0.3, -0.25) is 0 Å². The molecule has 0 spiro atoms. The molecule has 1 aromatic rings. The van der Waals surface area contributed by atoms with Gasteiger partial charge in [0.25, 0.3) is 0 Å². The number of nitrogens with zero attached hydrogens (tertiary/aromatic N) is 3. The van der Waals surface area contributed by atoms with Gasteiger partial charge < -0.3 is 10.0 Å². The summed E-state index contributed by atoms with van der Waals surface area (Å²) >= 11 is 0. The molecule has 20 heavy (non-hydrogen) atoms. The van der Waals surface area contributed by atoms with Crippen LogP contribution in [0.3, 0.4) is 0 Å². The predicted molar refractivity (Wildman–Crippen MR) is 62.9 cm³/mol. The van der Waals surface area contributed by atoms with Crippen molar-refractivity contribution in [1.29, 1.82) is 0 Å². The molecule has 0 aromatic carbocycles. The number of hydrogen-bond donors (Lipinski definition) is 1. The lowest BCUT2D eigenvalue weighted by atomic mass is 10.0. The minimum atomic E-state index is -4.33. The number of halogens is 3. The first-order valence-corrected chi connectivity index (χ1v) is 6.23. The smallest absolute Gasteiger partial charge is 0.419 e. The molecular weight excluding hydrogens is 275 g/mol. The molecule has 0 radical (unpaired) electrons. The first-order valence-electron chi connectivity index (χ1n) is 6.23. The van der Waals surface area contributed by atoms with E-state index in [1.165, 1.54) is 0 Å². The van der Waals surface area contributed by atoms with Gasteiger partial charge in [0, 0.05) is 24.5 Å².